The van der Waals surface area contributed by atoms with Crippen molar-refractivity contribution in [3.8, 4) is 16.3 Å². The average molecular weight is 652 g/mol. The van der Waals surface area contributed by atoms with Crippen molar-refractivity contribution < 1.29 is 27.4 Å². The van der Waals surface area contributed by atoms with Gasteiger partial charge < -0.3 is 14.2 Å². The van der Waals surface area contributed by atoms with E-state index in [2.05, 4.69) is 44.5 Å². The second kappa shape index (κ2) is 11.9. The molecule has 0 unspecified atom stereocenters. The maximum absolute atomic E-state index is 14.1. The first-order chi connectivity index (χ1) is 21.2. The van der Waals surface area contributed by atoms with Crippen molar-refractivity contribution in [2.45, 2.75) is 65.6 Å². The number of rotatable bonds is 7. The van der Waals surface area contributed by atoms with Crippen molar-refractivity contribution >= 4 is 48.4 Å². The molecule has 0 spiro atoms. The molecule has 2 saturated heterocycles. The van der Waals surface area contributed by atoms with E-state index in [1.54, 1.807) is 17.4 Å². The largest absolute Gasteiger partial charge is 0.493 e. The fourth-order valence-electron chi connectivity index (χ4n) is 6.92. The van der Waals surface area contributed by atoms with Crippen LogP contribution in [0, 0.1) is 19.8 Å². The van der Waals surface area contributed by atoms with Gasteiger partial charge in [0.1, 0.15) is 5.75 Å². The van der Waals surface area contributed by atoms with Gasteiger partial charge in [0.05, 0.1) is 58.1 Å². The van der Waals surface area contributed by atoms with E-state index in [1.165, 1.54) is 4.31 Å². The van der Waals surface area contributed by atoms with E-state index in [-0.39, 0.29) is 49.0 Å². The lowest BCUT2D eigenvalue weighted by molar-refractivity contribution is -0.175. The molecule has 0 saturated carbocycles. The van der Waals surface area contributed by atoms with Crippen LogP contribution in [0.15, 0.2) is 42.5 Å². The molecule has 240 valence electrons. The SMILES string of the molecule is Cc1c(-c2cc(C(=O)NS(=O)(=O)N3CCOCC3)c3c(OCC4CC(C)(C)OC(C)(C)C4)ccc(C)c3n2)sc2ccccc12. The molecule has 0 bridgehead atoms. The lowest BCUT2D eigenvalue weighted by Crippen LogP contribution is -2.48. The molecule has 2 aliphatic heterocycles. The van der Waals surface area contributed by atoms with Crippen molar-refractivity contribution in [3.05, 3.63) is 59.2 Å². The van der Waals surface area contributed by atoms with Crippen LogP contribution < -0.4 is 9.46 Å². The number of aryl methyl sites for hydroxylation is 2. The minimum absolute atomic E-state index is 0.178. The lowest BCUT2D eigenvalue weighted by Gasteiger charge is -2.45. The highest BCUT2D eigenvalue weighted by atomic mass is 32.2. The highest BCUT2D eigenvalue weighted by molar-refractivity contribution is 7.87. The van der Waals surface area contributed by atoms with Gasteiger partial charge in [0.2, 0.25) is 0 Å². The summed E-state index contributed by atoms with van der Waals surface area (Å²) in [7, 11) is -4.10. The summed E-state index contributed by atoms with van der Waals surface area (Å²) in [4.78, 5) is 20.1. The molecular weight excluding hydrogens is 611 g/mol. The normalized spacial score (nSPS) is 19.2. The molecule has 2 aliphatic rings. The lowest BCUT2D eigenvalue weighted by atomic mass is 9.81. The topological polar surface area (TPSA) is 107 Å². The number of morpholine rings is 1. The summed E-state index contributed by atoms with van der Waals surface area (Å²) in [5.74, 6) is 0.00364. The Labute approximate surface area is 269 Å². The monoisotopic (exact) mass is 651 g/mol. The summed E-state index contributed by atoms with van der Waals surface area (Å²) in [5.41, 5.74) is 2.76. The third-order valence-electron chi connectivity index (χ3n) is 8.56. The number of nitrogens with one attached hydrogen (secondary N) is 1. The molecule has 1 N–H and O–H groups in total. The number of pyridine rings is 1. The highest BCUT2D eigenvalue weighted by Crippen LogP contribution is 2.42. The van der Waals surface area contributed by atoms with E-state index in [0.717, 1.165) is 38.9 Å². The van der Waals surface area contributed by atoms with E-state index in [0.29, 0.717) is 29.0 Å². The third kappa shape index (κ3) is 6.59. The van der Waals surface area contributed by atoms with Gasteiger partial charge in [0.15, 0.2) is 0 Å². The van der Waals surface area contributed by atoms with Gasteiger partial charge in [-0.3, -0.25) is 4.79 Å². The molecule has 4 heterocycles. The van der Waals surface area contributed by atoms with Gasteiger partial charge in [-0.1, -0.05) is 24.3 Å². The van der Waals surface area contributed by atoms with Crippen molar-refractivity contribution in [2.24, 2.45) is 5.92 Å². The predicted molar refractivity (Wildman–Crippen MR) is 178 cm³/mol. The summed E-state index contributed by atoms with van der Waals surface area (Å²) >= 11 is 1.60. The van der Waals surface area contributed by atoms with Gasteiger partial charge in [-0.15, -0.1) is 11.3 Å². The molecule has 4 aromatic rings. The van der Waals surface area contributed by atoms with Crippen molar-refractivity contribution in [3.63, 3.8) is 0 Å². The minimum Gasteiger partial charge on any atom is -0.493 e. The van der Waals surface area contributed by atoms with Gasteiger partial charge in [-0.05, 0) is 95.0 Å². The van der Waals surface area contributed by atoms with Gasteiger partial charge in [0.25, 0.3) is 5.91 Å². The van der Waals surface area contributed by atoms with Crippen molar-refractivity contribution in [1.29, 1.82) is 0 Å². The zero-order valence-corrected chi connectivity index (χ0v) is 28.4. The van der Waals surface area contributed by atoms with Crippen LogP contribution in [-0.2, 0) is 19.7 Å². The van der Waals surface area contributed by atoms with Crippen LogP contribution in [0.25, 0.3) is 31.6 Å². The smallest absolute Gasteiger partial charge is 0.304 e. The van der Waals surface area contributed by atoms with Crippen LogP contribution in [-0.4, -0.2) is 67.7 Å². The fraction of sp³-hybridized carbons (Fsp3) is 0.471. The van der Waals surface area contributed by atoms with Crippen LogP contribution >= 0.6 is 11.3 Å². The minimum atomic E-state index is -4.10. The summed E-state index contributed by atoms with van der Waals surface area (Å²) < 4.78 is 49.4. The first-order valence-corrected chi connectivity index (χ1v) is 17.6. The molecule has 0 aliphatic carbocycles. The van der Waals surface area contributed by atoms with E-state index in [1.807, 2.05) is 38.1 Å². The molecule has 2 aromatic heterocycles. The van der Waals surface area contributed by atoms with Crippen LogP contribution in [0.2, 0.25) is 0 Å². The third-order valence-corrected chi connectivity index (χ3v) is 11.3. The maximum atomic E-state index is 14.1. The number of fused-ring (bicyclic) bond motifs is 2. The molecule has 0 atom stereocenters. The number of carbonyl (C=O) groups excluding carboxylic acids is 1. The second-order valence-corrected chi connectivity index (χ2v) is 16.1. The van der Waals surface area contributed by atoms with E-state index in [4.69, 9.17) is 19.2 Å². The van der Waals surface area contributed by atoms with E-state index >= 15 is 0 Å². The molecule has 45 heavy (non-hydrogen) atoms. The Bertz CT molecular complexity index is 1860. The quantitative estimate of drug-likeness (QED) is 0.246. The van der Waals surface area contributed by atoms with Gasteiger partial charge >= 0.3 is 10.2 Å². The number of carbonyl (C=O) groups is 1. The molecule has 0 radical (unpaired) electrons. The fourth-order valence-corrected chi connectivity index (χ4v) is 9.19. The number of nitrogens with zero attached hydrogens (tertiary/aromatic N) is 2. The number of benzene rings is 2. The van der Waals surface area contributed by atoms with Gasteiger partial charge in [0, 0.05) is 17.8 Å². The Morgan fingerprint density at radius 2 is 1.76 bits per heavy atom. The molecular formula is C34H41N3O6S2. The van der Waals surface area contributed by atoms with Gasteiger partial charge in [-0.2, -0.15) is 12.7 Å². The Morgan fingerprint density at radius 1 is 1.07 bits per heavy atom. The number of thiophene rings is 1. The van der Waals surface area contributed by atoms with Crippen LogP contribution in [0.4, 0.5) is 0 Å². The summed E-state index contributed by atoms with van der Waals surface area (Å²) in [5, 5.41) is 1.62. The number of aromatic nitrogens is 1. The first-order valence-electron chi connectivity index (χ1n) is 15.4. The Kier molecular flexibility index (Phi) is 8.45. The standard InChI is InChI=1S/C34H41N3O6S2/c1-21-11-12-27(42-20-23-18-33(3,4)43-34(5,6)19-23)29-25(32(38)36-45(39,40)37-13-15-41-16-14-37)17-26(35-30(21)29)31-22(2)24-9-7-8-10-28(24)44-31/h7-12,17,23H,13-16,18-20H2,1-6H3,(H,36,38). The Hall–Kier alpha value is -3.09. The van der Waals surface area contributed by atoms with E-state index < -0.39 is 16.1 Å². The molecule has 6 rings (SSSR count). The number of hydrogen-bond donors (Lipinski definition) is 1. The average Bonchev–Trinajstić information content (AvgIpc) is 3.31. The maximum Gasteiger partial charge on any atom is 0.304 e. The van der Waals surface area contributed by atoms with Gasteiger partial charge in [-0.25, -0.2) is 9.71 Å². The molecule has 11 heteroatoms. The molecule has 9 nitrogen and oxygen atoms in total. The summed E-state index contributed by atoms with van der Waals surface area (Å²) in [6.07, 6.45) is 1.66. The highest BCUT2D eigenvalue weighted by Gasteiger charge is 2.39. The summed E-state index contributed by atoms with van der Waals surface area (Å²) in [6, 6.07) is 13.6. The number of amides is 1. The number of hydrogen-bond acceptors (Lipinski definition) is 8. The van der Waals surface area contributed by atoms with Crippen LogP contribution in [0.3, 0.4) is 0 Å². The summed E-state index contributed by atoms with van der Waals surface area (Å²) in [6.45, 7) is 13.7. The zero-order chi connectivity index (χ0) is 32.1. The Morgan fingerprint density at radius 3 is 2.44 bits per heavy atom. The number of ether oxygens (including phenoxy) is 3. The van der Waals surface area contributed by atoms with Crippen molar-refractivity contribution in [1.82, 2.24) is 14.0 Å². The second-order valence-electron chi connectivity index (χ2n) is 13.4. The van der Waals surface area contributed by atoms with Crippen LogP contribution in [0.5, 0.6) is 5.75 Å². The Balaban J connectivity index is 1.45. The predicted octanol–water partition coefficient (Wildman–Crippen LogP) is 6.40. The van der Waals surface area contributed by atoms with Crippen molar-refractivity contribution in [2.75, 3.05) is 32.9 Å². The first kappa shape index (κ1) is 31.9. The zero-order valence-electron chi connectivity index (χ0n) is 26.7. The molecule has 1 amide bonds. The molecule has 2 fully saturated rings. The van der Waals surface area contributed by atoms with Crippen LogP contribution in [0.1, 0.15) is 62.0 Å². The molecule has 2 aromatic carbocycles. The van der Waals surface area contributed by atoms with E-state index in [9.17, 15) is 13.2 Å².